The van der Waals surface area contributed by atoms with E-state index in [2.05, 4.69) is 10.6 Å². The number of amides is 4. The Morgan fingerprint density at radius 1 is 0.800 bits per heavy atom. The molecular weight excluding hydrogens is 546 g/mol. The molecule has 0 aromatic heterocycles. The SMILES string of the molecule is O=C(Nc1cccc(SCN2C(=O)c3ccccc3C2=O)c1)/C(=C/c1cccc(Cl)c1)NC(=O)c1ccccc1. The Labute approximate surface area is 239 Å². The summed E-state index contributed by atoms with van der Waals surface area (Å²) >= 11 is 7.40. The summed E-state index contributed by atoms with van der Waals surface area (Å²) in [6.07, 6.45) is 1.54. The quantitative estimate of drug-likeness (QED) is 0.152. The monoisotopic (exact) mass is 567 g/mol. The van der Waals surface area contributed by atoms with Crippen LogP contribution in [0, 0.1) is 0 Å². The summed E-state index contributed by atoms with van der Waals surface area (Å²) in [5.74, 6) is -1.51. The number of nitrogens with one attached hydrogen (secondary N) is 2. The largest absolute Gasteiger partial charge is 0.321 e. The van der Waals surface area contributed by atoms with Gasteiger partial charge in [-0.15, -0.1) is 11.8 Å². The van der Waals surface area contributed by atoms with Crippen LogP contribution >= 0.6 is 23.4 Å². The first-order chi connectivity index (χ1) is 19.4. The molecule has 0 radical (unpaired) electrons. The maximum atomic E-state index is 13.3. The van der Waals surface area contributed by atoms with Crippen LogP contribution in [0.25, 0.3) is 6.08 Å². The molecule has 2 N–H and O–H groups in total. The van der Waals surface area contributed by atoms with E-state index in [1.807, 2.05) is 6.07 Å². The second-order valence-corrected chi connectivity index (χ2v) is 10.2. The molecule has 0 spiro atoms. The summed E-state index contributed by atoms with van der Waals surface area (Å²) in [7, 11) is 0. The van der Waals surface area contributed by atoms with Gasteiger partial charge < -0.3 is 10.6 Å². The topological polar surface area (TPSA) is 95.6 Å². The second kappa shape index (κ2) is 12.0. The molecule has 4 aromatic carbocycles. The van der Waals surface area contributed by atoms with E-state index in [4.69, 9.17) is 11.6 Å². The third-order valence-corrected chi connectivity index (χ3v) is 7.23. The number of carbonyl (C=O) groups excluding carboxylic acids is 4. The van der Waals surface area contributed by atoms with E-state index in [9.17, 15) is 19.2 Å². The smallest absolute Gasteiger partial charge is 0.272 e. The number of rotatable bonds is 8. The van der Waals surface area contributed by atoms with Crippen LogP contribution in [0.2, 0.25) is 5.02 Å². The van der Waals surface area contributed by atoms with Crippen molar-refractivity contribution >= 4 is 58.8 Å². The molecule has 1 aliphatic heterocycles. The van der Waals surface area contributed by atoms with Crippen LogP contribution < -0.4 is 10.6 Å². The van der Waals surface area contributed by atoms with Crippen molar-refractivity contribution < 1.29 is 19.2 Å². The molecule has 1 aliphatic rings. The van der Waals surface area contributed by atoms with Gasteiger partial charge in [-0.2, -0.15) is 0 Å². The predicted octanol–water partition coefficient (Wildman–Crippen LogP) is 6.10. The van der Waals surface area contributed by atoms with Gasteiger partial charge in [0.25, 0.3) is 23.6 Å². The molecule has 5 rings (SSSR count). The molecule has 0 saturated carbocycles. The molecule has 9 heteroatoms. The number of carbonyl (C=O) groups is 4. The van der Waals surface area contributed by atoms with Crippen LogP contribution in [0.1, 0.15) is 36.6 Å². The predicted molar refractivity (Wildman–Crippen MR) is 156 cm³/mol. The Hall–Kier alpha value is -4.66. The number of imide groups is 1. The van der Waals surface area contributed by atoms with Gasteiger partial charge in [0.1, 0.15) is 5.70 Å². The highest BCUT2D eigenvalue weighted by molar-refractivity contribution is 7.99. The van der Waals surface area contributed by atoms with Gasteiger partial charge in [0.2, 0.25) is 0 Å². The summed E-state index contributed by atoms with van der Waals surface area (Å²) in [6.45, 7) is 0. The van der Waals surface area contributed by atoms with Crippen molar-refractivity contribution in [1.29, 1.82) is 0 Å². The van der Waals surface area contributed by atoms with Crippen LogP contribution in [0.4, 0.5) is 5.69 Å². The number of nitrogens with zero attached hydrogens (tertiary/aromatic N) is 1. The zero-order chi connectivity index (χ0) is 28.1. The summed E-state index contributed by atoms with van der Waals surface area (Å²) in [5, 5.41) is 6.01. The van der Waals surface area contributed by atoms with Crippen molar-refractivity contribution in [2.24, 2.45) is 0 Å². The van der Waals surface area contributed by atoms with Crippen LogP contribution in [0.5, 0.6) is 0 Å². The van der Waals surface area contributed by atoms with Crippen molar-refractivity contribution in [2.75, 3.05) is 11.2 Å². The summed E-state index contributed by atoms with van der Waals surface area (Å²) in [5.41, 5.74) is 2.33. The van der Waals surface area contributed by atoms with Crippen molar-refractivity contribution in [3.05, 3.63) is 136 Å². The molecule has 4 amide bonds. The maximum Gasteiger partial charge on any atom is 0.272 e. The average Bonchev–Trinajstić information content (AvgIpc) is 3.21. The molecule has 0 aliphatic carbocycles. The Bertz CT molecular complexity index is 1620. The summed E-state index contributed by atoms with van der Waals surface area (Å²) in [4.78, 5) is 53.4. The van der Waals surface area contributed by atoms with E-state index in [-0.39, 0.29) is 23.4 Å². The van der Waals surface area contributed by atoms with E-state index in [0.29, 0.717) is 33.0 Å². The van der Waals surface area contributed by atoms with Gasteiger partial charge in [0.05, 0.1) is 17.0 Å². The van der Waals surface area contributed by atoms with Crippen LogP contribution in [-0.2, 0) is 4.79 Å². The Morgan fingerprint density at radius 2 is 1.48 bits per heavy atom. The van der Waals surface area contributed by atoms with Crippen molar-refractivity contribution in [3.8, 4) is 0 Å². The van der Waals surface area contributed by atoms with Crippen molar-refractivity contribution in [3.63, 3.8) is 0 Å². The molecule has 0 unspecified atom stereocenters. The summed E-state index contributed by atoms with van der Waals surface area (Å²) in [6, 6.07) is 29.2. The molecule has 0 bridgehead atoms. The minimum Gasteiger partial charge on any atom is -0.321 e. The molecule has 7 nitrogen and oxygen atoms in total. The number of hydrogen-bond acceptors (Lipinski definition) is 5. The lowest BCUT2D eigenvalue weighted by Crippen LogP contribution is -2.30. The standard InChI is InChI=1S/C31H22ClN3O4S/c32-22-11-6-8-20(16-22)17-27(34-28(36)21-9-2-1-3-10-21)29(37)33-23-12-7-13-24(18-23)40-19-35-30(38)25-14-4-5-15-26(25)31(35)39/h1-18H,19H2,(H,33,37)(H,34,36)/b27-17-. The van der Waals surface area contributed by atoms with Crippen LogP contribution in [0.15, 0.2) is 114 Å². The highest BCUT2D eigenvalue weighted by atomic mass is 35.5. The van der Waals surface area contributed by atoms with E-state index in [1.165, 1.54) is 16.7 Å². The number of benzene rings is 4. The lowest BCUT2D eigenvalue weighted by Gasteiger charge is -2.14. The molecule has 4 aromatic rings. The first-order valence-electron chi connectivity index (χ1n) is 12.2. The highest BCUT2D eigenvalue weighted by Gasteiger charge is 2.34. The van der Waals surface area contributed by atoms with E-state index in [0.717, 1.165) is 4.90 Å². The Kier molecular flexibility index (Phi) is 8.10. The van der Waals surface area contributed by atoms with Gasteiger partial charge in [-0.3, -0.25) is 24.1 Å². The molecule has 0 atom stereocenters. The van der Waals surface area contributed by atoms with Gasteiger partial charge in [-0.25, -0.2) is 0 Å². The zero-order valence-electron chi connectivity index (χ0n) is 21.0. The first kappa shape index (κ1) is 26.9. The third kappa shape index (κ3) is 6.14. The molecule has 1 heterocycles. The maximum absolute atomic E-state index is 13.3. The highest BCUT2D eigenvalue weighted by Crippen LogP contribution is 2.28. The van der Waals surface area contributed by atoms with E-state index in [1.54, 1.807) is 103 Å². The van der Waals surface area contributed by atoms with Gasteiger partial charge >= 0.3 is 0 Å². The van der Waals surface area contributed by atoms with E-state index < -0.39 is 11.8 Å². The molecule has 40 heavy (non-hydrogen) atoms. The van der Waals surface area contributed by atoms with Gasteiger partial charge in [-0.1, -0.05) is 60.1 Å². The number of fused-ring (bicyclic) bond motifs is 1. The van der Waals surface area contributed by atoms with Crippen LogP contribution in [-0.4, -0.2) is 34.4 Å². The fraction of sp³-hybridized carbons (Fsp3) is 0.0323. The number of halogens is 1. The fourth-order valence-electron chi connectivity index (χ4n) is 4.06. The van der Waals surface area contributed by atoms with E-state index >= 15 is 0 Å². The molecular formula is C31H22ClN3O4S. The minimum absolute atomic E-state index is 0.0280. The second-order valence-electron chi connectivity index (χ2n) is 8.77. The molecule has 0 saturated heterocycles. The summed E-state index contributed by atoms with van der Waals surface area (Å²) < 4.78 is 0. The van der Waals surface area contributed by atoms with Crippen LogP contribution in [0.3, 0.4) is 0 Å². The number of thioether (sulfide) groups is 1. The molecule has 198 valence electrons. The average molecular weight is 568 g/mol. The zero-order valence-corrected chi connectivity index (χ0v) is 22.5. The first-order valence-corrected chi connectivity index (χ1v) is 13.6. The van der Waals surface area contributed by atoms with Crippen molar-refractivity contribution in [1.82, 2.24) is 10.2 Å². The lowest BCUT2D eigenvalue weighted by atomic mass is 10.1. The van der Waals surface area contributed by atoms with Crippen molar-refractivity contribution in [2.45, 2.75) is 4.90 Å². The number of hydrogen-bond donors (Lipinski definition) is 2. The normalized spacial score (nSPS) is 12.7. The van der Waals surface area contributed by atoms with Gasteiger partial charge in [0, 0.05) is 21.2 Å². The molecule has 0 fully saturated rings. The van der Waals surface area contributed by atoms with Gasteiger partial charge in [0.15, 0.2) is 0 Å². The minimum atomic E-state index is -0.535. The Balaban J connectivity index is 1.31. The third-order valence-electron chi connectivity index (χ3n) is 6.02. The number of anilines is 1. The fourth-order valence-corrected chi connectivity index (χ4v) is 5.16. The Morgan fingerprint density at radius 3 is 2.17 bits per heavy atom. The lowest BCUT2D eigenvalue weighted by molar-refractivity contribution is -0.113. The van der Waals surface area contributed by atoms with Gasteiger partial charge in [-0.05, 0) is 66.2 Å².